The fourth-order valence-electron chi connectivity index (χ4n) is 2.26. The van der Waals surface area contributed by atoms with E-state index in [9.17, 15) is 8.42 Å². The van der Waals surface area contributed by atoms with Gasteiger partial charge in [0.2, 0.25) is 10.0 Å². The minimum atomic E-state index is -3.65. The van der Waals surface area contributed by atoms with Gasteiger partial charge in [0.15, 0.2) is 0 Å². The molecule has 2 atom stereocenters. The van der Waals surface area contributed by atoms with Crippen molar-refractivity contribution in [3.8, 4) is 0 Å². The molecule has 1 aromatic rings. The lowest BCUT2D eigenvalue weighted by Crippen LogP contribution is -2.39. The fraction of sp³-hybridized carbons (Fsp3) is 0.462. The molecule has 0 aliphatic carbocycles. The number of hydrogen-bond donors (Lipinski definition) is 2. The zero-order valence-electron chi connectivity index (χ0n) is 11.2. The second-order valence-corrected chi connectivity index (χ2v) is 7.02. The van der Waals surface area contributed by atoms with Crippen LogP contribution in [0.5, 0.6) is 0 Å². The van der Waals surface area contributed by atoms with Gasteiger partial charge >= 0.3 is 0 Å². The molecule has 0 saturated carbocycles. The molecular formula is C13H18N2O3S2. The minimum Gasteiger partial charge on any atom is -0.389 e. The quantitative estimate of drug-likeness (QED) is 0.793. The van der Waals surface area contributed by atoms with Gasteiger partial charge in [-0.3, -0.25) is 0 Å². The molecule has 1 aliphatic rings. The predicted octanol–water partition coefficient (Wildman–Crippen LogP) is 1.02. The Kier molecular flexibility index (Phi) is 4.74. The third-order valence-electron chi connectivity index (χ3n) is 3.46. The van der Waals surface area contributed by atoms with Crippen LogP contribution in [0.3, 0.4) is 0 Å². The van der Waals surface area contributed by atoms with Crippen LogP contribution in [0, 0.1) is 5.92 Å². The van der Waals surface area contributed by atoms with E-state index in [0.717, 1.165) is 6.42 Å². The molecule has 110 valence electrons. The number of sulfonamides is 1. The van der Waals surface area contributed by atoms with Crippen LogP contribution in [0.1, 0.15) is 18.9 Å². The van der Waals surface area contributed by atoms with Gasteiger partial charge in [0, 0.05) is 24.1 Å². The van der Waals surface area contributed by atoms with Crippen molar-refractivity contribution in [3.63, 3.8) is 0 Å². The van der Waals surface area contributed by atoms with E-state index in [2.05, 4.69) is 4.72 Å². The summed E-state index contributed by atoms with van der Waals surface area (Å²) in [7, 11) is -3.65. The van der Waals surface area contributed by atoms with Crippen molar-refractivity contribution in [2.45, 2.75) is 24.3 Å². The number of ether oxygens (including phenoxy) is 1. The number of thiocarbonyl (C=S) groups is 1. The molecule has 0 bridgehead atoms. The maximum Gasteiger partial charge on any atom is 0.241 e. The standard InChI is InChI=1S/C13H18N2O3S2/c1-9(10-6-7-18-8-10)15-20(16,17)12-5-3-2-4-11(12)13(14)19/h2-5,9-10,15H,6-8H2,1H3,(H2,14,19). The number of benzene rings is 1. The fourth-order valence-corrected chi connectivity index (χ4v) is 4.03. The summed E-state index contributed by atoms with van der Waals surface area (Å²) >= 11 is 4.90. The summed E-state index contributed by atoms with van der Waals surface area (Å²) in [5.41, 5.74) is 5.95. The third-order valence-corrected chi connectivity index (χ3v) is 5.29. The molecule has 0 spiro atoms. The van der Waals surface area contributed by atoms with Crippen LogP contribution in [0.15, 0.2) is 29.2 Å². The Hall–Kier alpha value is -1.02. The largest absolute Gasteiger partial charge is 0.389 e. The van der Waals surface area contributed by atoms with Crippen molar-refractivity contribution in [2.75, 3.05) is 13.2 Å². The van der Waals surface area contributed by atoms with Crippen molar-refractivity contribution in [1.82, 2.24) is 4.72 Å². The molecule has 1 fully saturated rings. The van der Waals surface area contributed by atoms with Gasteiger partial charge < -0.3 is 10.5 Å². The third kappa shape index (κ3) is 3.35. The van der Waals surface area contributed by atoms with Crippen molar-refractivity contribution in [1.29, 1.82) is 0 Å². The Balaban J connectivity index is 2.24. The first-order chi connectivity index (χ1) is 9.42. The zero-order chi connectivity index (χ0) is 14.8. The molecule has 1 aliphatic heterocycles. The Bertz CT molecular complexity index is 595. The summed E-state index contributed by atoms with van der Waals surface area (Å²) in [6, 6.07) is 6.29. The van der Waals surface area contributed by atoms with Gasteiger partial charge in [0.1, 0.15) is 4.99 Å². The number of nitrogens with one attached hydrogen (secondary N) is 1. The van der Waals surface area contributed by atoms with E-state index in [0.29, 0.717) is 18.8 Å². The molecule has 20 heavy (non-hydrogen) atoms. The lowest BCUT2D eigenvalue weighted by molar-refractivity contribution is 0.180. The highest BCUT2D eigenvalue weighted by Gasteiger charge is 2.28. The molecule has 2 rings (SSSR count). The zero-order valence-corrected chi connectivity index (χ0v) is 12.8. The summed E-state index contributed by atoms with van der Waals surface area (Å²) in [6.07, 6.45) is 0.862. The van der Waals surface area contributed by atoms with Gasteiger partial charge in [-0.2, -0.15) is 0 Å². The van der Waals surface area contributed by atoms with Crippen LogP contribution in [0.4, 0.5) is 0 Å². The molecule has 5 nitrogen and oxygen atoms in total. The average molecular weight is 314 g/mol. The second-order valence-electron chi connectivity index (χ2n) is 4.89. The molecule has 1 saturated heterocycles. The molecule has 2 unspecified atom stereocenters. The van der Waals surface area contributed by atoms with Crippen molar-refractivity contribution < 1.29 is 13.2 Å². The maximum atomic E-state index is 12.5. The Morgan fingerprint density at radius 1 is 1.50 bits per heavy atom. The van der Waals surface area contributed by atoms with E-state index in [4.69, 9.17) is 22.7 Å². The molecule has 0 aromatic heterocycles. The highest BCUT2D eigenvalue weighted by atomic mass is 32.2. The highest BCUT2D eigenvalue weighted by molar-refractivity contribution is 7.89. The van der Waals surface area contributed by atoms with Gasteiger partial charge in [-0.1, -0.05) is 30.4 Å². The van der Waals surface area contributed by atoms with Crippen LogP contribution in [-0.4, -0.2) is 32.7 Å². The predicted molar refractivity (Wildman–Crippen MR) is 81.0 cm³/mol. The summed E-state index contributed by atoms with van der Waals surface area (Å²) < 4.78 is 32.9. The summed E-state index contributed by atoms with van der Waals surface area (Å²) in [5.74, 6) is 0.196. The van der Waals surface area contributed by atoms with Gasteiger partial charge in [-0.15, -0.1) is 0 Å². The van der Waals surface area contributed by atoms with Gasteiger partial charge in [0.05, 0.1) is 11.5 Å². The van der Waals surface area contributed by atoms with Crippen LogP contribution in [0.25, 0.3) is 0 Å². The van der Waals surface area contributed by atoms with Gasteiger partial charge in [-0.25, -0.2) is 13.1 Å². The molecule has 1 aromatic carbocycles. The van der Waals surface area contributed by atoms with E-state index in [-0.39, 0.29) is 21.8 Å². The summed E-state index contributed by atoms with van der Waals surface area (Å²) in [5, 5.41) is 0. The van der Waals surface area contributed by atoms with E-state index in [1.54, 1.807) is 18.2 Å². The Morgan fingerprint density at radius 2 is 2.20 bits per heavy atom. The molecule has 0 radical (unpaired) electrons. The Labute approximate surface area is 124 Å². The number of rotatable bonds is 5. The first-order valence-electron chi connectivity index (χ1n) is 6.40. The van der Waals surface area contributed by atoms with E-state index in [1.165, 1.54) is 6.07 Å². The Morgan fingerprint density at radius 3 is 2.80 bits per heavy atom. The SMILES string of the molecule is CC(NS(=O)(=O)c1ccccc1C(N)=S)C1CCOC1. The van der Waals surface area contributed by atoms with Crippen molar-refractivity contribution >= 4 is 27.2 Å². The van der Waals surface area contributed by atoms with E-state index >= 15 is 0 Å². The topological polar surface area (TPSA) is 81.4 Å². The minimum absolute atomic E-state index is 0.0721. The first kappa shape index (κ1) is 15.4. The molecular weight excluding hydrogens is 296 g/mol. The van der Waals surface area contributed by atoms with Crippen molar-refractivity contribution in [3.05, 3.63) is 29.8 Å². The van der Waals surface area contributed by atoms with Crippen LogP contribution >= 0.6 is 12.2 Å². The normalized spacial score (nSPS) is 20.8. The molecule has 0 amide bonds. The molecule has 7 heteroatoms. The maximum absolute atomic E-state index is 12.5. The summed E-state index contributed by atoms with van der Waals surface area (Å²) in [4.78, 5) is 0.195. The monoisotopic (exact) mass is 314 g/mol. The van der Waals surface area contributed by atoms with Crippen LogP contribution in [-0.2, 0) is 14.8 Å². The van der Waals surface area contributed by atoms with Crippen molar-refractivity contribution in [2.24, 2.45) is 11.7 Å². The first-order valence-corrected chi connectivity index (χ1v) is 8.30. The lowest BCUT2D eigenvalue weighted by atomic mass is 10.0. The smallest absolute Gasteiger partial charge is 0.241 e. The van der Waals surface area contributed by atoms with E-state index < -0.39 is 10.0 Å². The second kappa shape index (κ2) is 6.17. The van der Waals surface area contributed by atoms with Gasteiger partial charge in [-0.05, 0) is 19.4 Å². The number of nitrogens with two attached hydrogens (primary N) is 1. The lowest BCUT2D eigenvalue weighted by Gasteiger charge is -2.20. The van der Waals surface area contributed by atoms with Crippen LogP contribution in [0.2, 0.25) is 0 Å². The van der Waals surface area contributed by atoms with E-state index in [1.807, 2.05) is 6.92 Å². The highest BCUT2D eigenvalue weighted by Crippen LogP contribution is 2.20. The van der Waals surface area contributed by atoms with Gasteiger partial charge in [0.25, 0.3) is 0 Å². The van der Waals surface area contributed by atoms with Crippen LogP contribution < -0.4 is 10.5 Å². The molecule has 3 N–H and O–H groups in total. The summed E-state index contributed by atoms with van der Waals surface area (Å²) in [6.45, 7) is 3.11. The number of hydrogen-bond acceptors (Lipinski definition) is 4. The average Bonchev–Trinajstić information content (AvgIpc) is 2.92. The molecule has 1 heterocycles.